The van der Waals surface area contributed by atoms with Crippen LogP contribution in [0.25, 0.3) is 0 Å². The van der Waals surface area contributed by atoms with Crippen LogP contribution in [-0.4, -0.2) is 28.1 Å². The van der Waals surface area contributed by atoms with Gasteiger partial charge in [0.2, 0.25) is 0 Å². The lowest BCUT2D eigenvalue weighted by molar-refractivity contribution is -0.139. The lowest BCUT2D eigenvalue weighted by Gasteiger charge is -2.14. The maximum atomic E-state index is 11.6. The van der Waals surface area contributed by atoms with Gasteiger partial charge in [0.1, 0.15) is 6.04 Å². The van der Waals surface area contributed by atoms with Crippen molar-refractivity contribution in [1.29, 1.82) is 0 Å². The lowest BCUT2D eigenvalue weighted by atomic mass is 10.2. The van der Waals surface area contributed by atoms with Crippen LogP contribution in [0.3, 0.4) is 0 Å². The molecular formula is C13H19N3O3. The molecule has 1 atom stereocenters. The normalized spacial score (nSPS) is 11.7. The second-order valence-corrected chi connectivity index (χ2v) is 4.28. The number of carbonyl (C=O) groups excluding carboxylic acids is 1. The van der Waals surface area contributed by atoms with Crippen LogP contribution in [-0.2, 0) is 11.3 Å². The molecule has 1 heterocycles. The molecule has 104 valence electrons. The molecule has 0 bridgehead atoms. The van der Waals surface area contributed by atoms with Gasteiger partial charge in [-0.1, -0.05) is 19.4 Å². The monoisotopic (exact) mass is 265 g/mol. The third kappa shape index (κ3) is 5.37. The summed E-state index contributed by atoms with van der Waals surface area (Å²) < 4.78 is 0. The Hall–Kier alpha value is -2.11. The zero-order valence-electron chi connectivity index (χ0n) is 11.1. The van der Waals surface area contributed by atoms with Crippen LogP contribution in [0.2, 0.25) is 0 Å². The number of pyridine rings is 1. The van der Waals surface area contributed by atoms with Gasteiger partial charge in [-0.15, -0.1) is 0 Å². The number of hydrogen-bond donors (Lipinski definition) is 3. The highest BCUT2D eigenvalue weighted by molar-refractivity contribution is 5.82. The maximum Gasteiger partial charge on any atom is 0.326 e. The summed E-state index contributed by atoms with van der Waals surface area (Å²) in [4.78, 5) is 26.7. The van der Waals surface area contributed by atoms with Gasteiger partial charge in [0.25, 0.3) is 0 Å². The van der Waals surface area contributed by atoms with Gasteiger partial charge in [0, 0.05) is 5.69 Å². The Balaban J connectivity index is 2.44. The molecule has 2 amide bonds. The van der Waals surface area contributed by atoms with E-state index in [1.54, 1.807) is 6.07 Å². The molecular weight excluding hydrogens is 246 g/mol. The smallest absolute Gasteiger partial charge is 0.326 e. The van der Waals surface area contributed by atoms with Crippen molar-refractivity contribution in [3.8, 4) is 0 Å². The van der Waals surface area contributed by atoms with E-state index in [0.29, 0.717) is 12.8 Å². The van der Waals surface area contributed by atoms with Crippen LogP contribution >= 0.6 is 0 Å². The molecule has 6 heteroatoms. The first kappa shape index (κ1) is 14.9. The number of aliphatic carboxylic acids is 1. The molecule has 0 saturated heterocycles. The molecule has 0 aromatic carbocycles. The Morgan fingerprint density at radius 2 is 2.16 bits per heavy atom. The summed E-state index contributed by atoms with van der Waals surface area (Å²) in [5.74, 6) is -1.02. The Morgan fingerprint density at radius 3 is 2.74 bits per heavy atom. The van der Waals surface area contributed by atoms with Crippen LogP contribution in [0.15, 0.2) is 18.2 Å². The fraction of sp³-hybridized carbons (Fsp3) is 0.462. The molecule has 0 saturated carbocycles. The average molecular weight is 265 g/mol. The first-order chi connectivity index (χ1) is 9.02. The van der Waals surface area contributed by atoms with E-state index in [-0.39, 0.29) is 6.54 Å². The van der Waals surface area contributed by atoms with E-state index in [4.69, 9.17) is 5.11 Å². The van der Waals surface area contributed by atoms with Gasteiger partial charge in [-0.25, -0.2) is 9.59 Å². The van der Waals surface area contributed by atoms with Crippen molar-refractivity contribution < 1.29 is 14.7 Å². The van der Waals surface area contributed by atoms with Crippen LogP contribution < -0.4 is 10.6 Å². The van der Waals surface area contributed by atoms with Gasteiger partial charge in [-0.05, 0) is 25.5 Å². The highest BCUT2D eigenvalue weighted by atomic mass is 16.4. The molecule has 0 fully saturated rings. The van der Waals surface area contributed by atoms with E-state index < -0.39 is 18.0 Å². The molecule has 6 nitrogen and oxygen atoms in total. The van der Waals surface area contributed by atoms with Crippen molar-refractivity contribution >= 4 is 12.0 Å². The van der Waals surface area contributed by atoms with E-state index in [1.165, 1.54) is 0 Å². The SMILES string of the molecule is CCC[C@H](NC(=O)NCc1cccc(C)n1)C(=O)O. The number of carboxylic acid groups (broad SMARTS) is 1. The standard InChI is InChI=1S/C13H19N3O3/c1-3-5-11(12(17)18)16-13(19)14-8-10-7-4-6-9(2)15-10/h4,6-7,11H,3,5,8H2,1-2H3,(H,17,18)(H2,14,16,19)/t11-/m0/s1. The summed E-state index contributed by atoms with van der Waals surface area (Å²) in [6.45, 7) is 4.00. The number of aryl methyl sites for hydroxylation is 1. The second-order valence-electron chi connectivity index (χ2n) is 4.28. The minimum Gasteiger partial charge on any atom is -0.480 e. The van der Waals surface area contributed by atoms with Crippen molar-refractivity contribution in [1.82, 2.24) is 15.6 Å². The molecule has 19 heavy (non-hydrogen) atoms. The number of rotatable bonds is 6. The number of carbonyl (C=O) groups is 2. The van der Waals surface area contributed by atoms with E-state index in [0.717, 1.165) is 11.4 Å². The second kappa shape index (κ2) is 7.35. The van der Waals surface area contributed by atoms with Crippen LogP contribution in [0, 0.1) is 6.92 Å². The quantitative estimate of drug-likeness (QED) is 0.726. The number of aromatic nitrogens is 1. The average Bonchev–Trinajstić information content (AvgIpc) is 2.36. The van der Waals surface area contributed by atoms with Gasteiger partial charge in [-0.2, -0.15) is 0 Å². The molecule has 1 rings (SSSR count). The Morgan fingerprint density at radius 1 is 1.42 bits per heavy atom. The summed E-state index contributed by atoms with van der Waals surface area (Å²) in [6, 6.07) is 4.17. The largest absolute Gasteiger partial charge is 0.480 e. The fourth-order valence-electron chi connectivity index (χ4n) is 1.62. The summed E-state index contributed by atoms with van der Waals surface area (Å²) in [7, 11) is 0. The van der Waals surface area contributed by atoms with Crippen molar-refractivity contribution in [3.05, 3.63) is 29.6 Å². The van der Waals surface area contributed by atoms with Gasteiger partial charge in [0.15, 0.2) is 0 Å². The minimum absolute atomic E-state index is 0.270. The van der Waals surface area contributed by atoms with Crippen molar-refractivity contribution in [2.75, 3.05) is 0 Å². The van der Waals surface area contributed by atoms with Gasteiger partial charge in [0.05, 0.1) is 12.2 Å². The molecule has 0 radical (unpaired) electrons. The predicted octanol–water partition coefficient (Wildman–Crippen LogP) is 1.44. The highest BCUT2D eigenvalue weighted by Crippen LogP contribution is 1.99. The van der Waals surface area contributed by atoms with Crippen LogP contribution in [0.1, 0.15) is 31.2 Å². The van der Waals surface area contributed by atoms with E-state index in [1.807, 2.05) is 26.0 Å². The topological polar surface area (TPSA) is 91.3 Å². The van der Waals surface area contributed by atoms with E-state index >= 15 is 0 Å². The van der Waals surface area contributed by atoms with Crippen LogP contribution in [0.5, 0.6) is 0 Å². The van der Waals surface area contributed by atoms with Crippen molar-refractivity contribution in [2.45, 2.75) is 39.3 Å². The third-order valence-electron chi connectivity index (χ3n) is 2.56. The molecule has 0 aliphatic heterocycles. The molecule has 1 aromatic rings. The molecule has 3 N–H and O–H groups in total. The summed E-state index contributed by atoms with van der Waals surface area (Å²) in [5.41, 5.74) is 1.60. The third-order valence-corrected chi connectivity index (χ3v) is 2.56. The lowest BCUT2D eigenvalue weighted by Crippen LogP contribution is -2.45. The van der Waals surface area contributed by atoms with E-state index in [2.05, 4.69) is 15.6 Å². The van der Waals surface area contributed by atoms with Crippen molar-refractivity contribution in [2.24, 2.45) is 0 Å². The minimum atomic E-state index is -1.02. The predicted molar refractivity (Wildman–Crippen MR) is 70.7 cm³/mol. The summed E-state index contributed by atoms with van der Waals surface area (Å²) in [6.07, 6.45) is 1.10. The van der Waals surface area contributed by atoms with Gasteiger partial charge < -0.3 is 15.7 Å². The van der Waals surface area contributed by atoms with Crippen LogP contribution in [0.4, 0.5) is 4.79 Å². The molecule has 0 aliphatic carbocycles. The number of urea groups is 1. The van der Waals surface area contributed by atoms with E-state index in [9.17, 15) is 9.59 Å². The number of nitrogens with zero attached hydrogens (tertiary/aromatic N) is 1. The maximum absolute atomic E-state index is 11.6. The number of carboxylic acids is 1. The fourth-order valence-corrected chi connectivity index (χ4v) is 1.62. The summed E-state index contributed by atoms with van der Waals surface area (Å²) >= 11 is 0. The summed E-state index contributed by atoms with van der Waals surface area (Å²) in [5, 5.41) is 13.9. The Bertz CT molecular complexity index is 449. The molecule has 0 spiro atoms. The highest BCUT2D eigenvalue weighted by Gasteiger charge is 2.18. The molecule has 0 unspecified atom stereocenters. The Labute approximate surface area is 112 Å². The Kier molecular flexibility index (Phi) is 5.78. The first-order valence-corrected chi connectivity index (χ1v) is 6.22. The zero-order chi connectivity index (χ0) is 14.3. The van der Waals surface area contributed by atoms with Crippen molar-refractivity contribution in [3.63, 3.8) is 0 Å². The molecule has 0 aliphatic rings. The zero-order valence-corrected chi connectivity index (χ0v) is 11.1. The first-order valence-electron chi connectivity index (χ1n) is 6.22. The van der Waals surface area contributed by atoms with Gasteiger partial charge in [-0.3, -0.25) is 4.98 Å². The number of hydrogen-bond acceptors (Lipinski definition) is 3. The van der Waals surface area contributed by atoms with Gasteiger partial charge >= 0.3 is 12.0 Å². The number of amides is 2. The molecule has 1 aromatic heterocycles. The number of nitrogens with one attached hydrogen (secondary N) is 2.